The van der Waals surface area contributed by atoms with E-state index in [1.807, 2.05) is 20.8 Å². The van der Waals surface area contributed by atoms with E-state index in [0.29, 0.717) is 30.0 Å². The zero-order chi connectivity index (χ0) is 23.6. The van der Waals surface area contributed by atoms with Crippen molar-refractivity contribution in [1.82, 2.24) is 15.1 Å². The van der Waals surface area contributed by atoms with E-state index in [0.717, 1.165) is 0 Å². The van der Waals surface area contributed by atoms with Gasteiger partial charge in [0.25, 0.3) is 5.91 Å². The molecule has 33 heavy (non-hydrogen) atoms. The van der Waals surface area contributed by atoms with E-state index in [9.17, 15) is 14.0 Å². The van der Waals surface area contributed by atoms with E-state index in [4.69, 9.17) is 13.9 Å². The molecule has 0 spiro atoms. The Labute approximate surface area is 189 Å². The molecular formula is C23H23FN4O5. The number of nitrogens with zero attached hydrogens (tertiary/aromatic N) is 3. The summed E-state index contributed by atoms with van der Waals surface area (Å²) in [6.07, 6.45) is -0.501. The molecule has 2 amide bonds. The maximum atomic E-state index is 13.0. The van der Waals surface area contributed by atoms with Crippen molar-refractivity contribution < 1.29 is 27.9 Å². The number of carbonyl (C=O) groups is 2. The van der Waals surface area contributed by atoms with Gasteiger partial charge in [-0.3, -0.25) is 10.1 Å². The number of likely N-dealkylation sites (tertiary alicyclic amines) is 1. The minimum atomic E-state index is -0.539. The molecule has 3 aromatic rings. The number of carbonyl (C=O) groups excluding carboxylic acids is 2. The molecule has 2 heterocycles. The van der Waals surface area contributed by atoms with Crippen LogP contribution in [-0.2, 0) is 4.74 Å². The smallest absolute Gasteiger partial charge is 0.410 e. The minimum Gasteiger partial charge on any atom is -0.487 e. The third-order valence-corrected chi connectivity index (χ3v) is 4.66. The Hall–Kier alpha value is -3.95. The molecule has 1 saturated heterocycles. The van der Waals surface area contributed by atoms with Crippen LogP contribution in [0.5, 0.6) is 5.75 Å². The second-order valence-electron chi connectivity index (χ2n) is 8.52. The second kappa shape index (κ2) is 8.89. The number of anilines is 1. The lowest BCUT2D eigenvalue weighted by atomic mass is 10.1. The third kappa shape index (κ3) is 5.65. The van der Waals surface area contributed by atoms with Gasteiger partial charge in [-0.2, -0.15) is 0 Å². The van der Waals surface area contributed by atoms with Crippen LogP contribution in [0.1, 0.15) is 31.1 Å². The number of hydrogen-bond acceptors (Lipinski definition) is 7. The number of hydrogen-bond donors (Lipinski definition) is 1. The van der Waals surface area contributed by atoms with Crippen LogP contribution in [0.15, 0.2) is 52.9 Å². The molecule has 0 unspecified atom stereocenters. The van der Waals surface area contributed by atoms with E-state index in [1.54, 1.807) is 29.2 Å². The number of rotatable bonds is 5. The number of aromatic nitrogens is 2. The average Bonchev–Trinajstić information content (AvgIpc) is 3.18. The van der Waals surface area contributed by atoms with Crippen LogP contribution in [0, 0.1) is 5.82 Å². The normalized spacial score (nSPS) is 13.9. The van der Waals surface area contributed by atoms with Gasteiger partial charge in [-0.25, -0.2) is 9.18 Å². The molecule has 1 N–H and O–H groups in total. The highest BCUT2D eigenvalue weighted by molar-refractivity contribution is 6.03. The standard InChI is InChI=1S/C23H23FN4O5/c1-23(2,3)33-22(30)28-12-18(13-28)31-17-10-6-14(7-11-17)19(29)25-21-27-26-20(32-21)15-4-8-16(24)9-5-15/h4-11,18H,12-13H2,1-3H3,(H,25,27,29). The first-order valence-electron chi connectivity index (χ1n) is 10.3. The summed E-state index contributed by atoms with van der Waals surface area (Å²) in [5.41, 5.74) is 0.364. The van der Waals surface area contributed by atoms with E-state index in [1.165, 1.54) is 24.3 Å². The topological polar surface area (TPSA) is 107 Å². The van der Waals surface area contributed by atoms with Crippen LogP contribution in [0.25, 0.3) is 11.5 Å². The van der Waals surface area contributed by atoms with Crippen LogP contribution in [0.2, 0.25) is 0 Å². The fourth-order valence-corrected chi connectivity index (χ4v) is 3.02. The highest BCUT2D eigenvalue weighted by atomic mass is 19.1. The fraction of sp³-hybridized carbons (Fsp3) is 0.304. The summed E-state index contributed by atoms with van der Waals surface area (Å²) in [6, 6.07) is 12.0. The molecule has 1 aliphatic rings. The number of ether oxygens (including phenoxy) is 2. The van der Waals surface area contributed by atoms with Gasteiger partial charge in [0.15, 0.2) is 0 Å². The van der Waals surface area contributed by atoms with E-state index in [-0.39, 0.29) is 29.9 Å². The van der Waals surface area contributed by atoms with Gasteiger partial charge in [0.2, 0.25) is 5.89 Å². The van der Waals surface area contributed by atoms with Crippen LogP contribution in [-0.4, -0.2) is 51.9 Å². The van der Waals surface area contributed by atoms with Crippen LogP contribution in [0.3, 0.4) is 0 Å². The summed E-state index contributed by atoms with van der Waals surface area (Å²) in [4.78, 5) is 26.0. The Bertz CT molecular complexity index is 1130. The molecule has 0 atom stereocenters. The molecule has 1 aromatic heterocycles. The number of nitrogens with one attached hydrogen (secondary N) is 1. The maximum absolute atomic E-state index is 13.0. The summed E-state index contributed by atoms with van der Waals surface area (Å²) >= 11 is 0. The molecule has 0 radical (unpaired) electrons. The number of halogens is 1. The first-order chi connectivity index (χ1) is 15.7. The molecule has 1 fully saturated rings. The van der Waals surface area contributed by atoms with Crippen molar-refractivity contribution in [3.8, 4) is 17.2 Å². The maximum Gasteiger partial charge on any atom is 0.410 e. The van der Waals surface area contributed by atoms with Gasteiger partial charge >= 0.3 is 12.1 Å². The molecule has 172 valence electrons. The Balaban J connectivity index is 1.28. The van der Waals surface area contributed by atoms with Crippen LogP contribution in [0.4, 0.5) is 15.2 Å². The molecule has 9 nitrogen and oxygen atoms in total. The van der Waals surface area contributed by atoms with Gasteiger partial charge in [0.05, 0.1) is 13.1 Å². The lowest BCUT2D eigenvalue weighted by Crippen LogP contribution is -2.57. The van der Waals surface area contributed by atoms with Crippen molar-refractivity contribution in [1.29, 1.82) is 0 Å². The molecule has 4 rings (SSSR count). The molecule has 0 bridgehead atoms. The van der Waals surface area contributed by atoms with Crippen molar-refractivity contribution in [3.63, 3.8) is 0 Å². The van der Waals surface area contributed by atoms with Crippen LogP contribution < -0.4 is 10.1 Å². The highest BCUT2D eigenvalue weighted by Crippen LogP contribution is 2.23. The highest BCUT2D eigenvalue weighted by Gasteiger charge is 2.35. The Morgan fingerprint density at radius 1 is 1.06 bits per heavy atom. The summed E-state index contributed by atoms with van der Waals surface area (Å²) in [6.45, 7) is 6.33. The lowest BCUT2D eigenvalue weighted by Gasteiger charge is -2.39. The van der Waals surface area contributed by atoms with Crippen molar-refractivity contribution in [3.05, 3.63) is 59.9 Å². The summed E-state index contributed by atoms with van der Waals surface area (Å²) in [5, 5.41) is 10.2. The predicted molar refractivity (Wildman–Crippen MR) is 116 cm³/mol. The fourth-order valence-electron chi connectivity index (χ4n) is 3.02. The zero-order valence-corrected chi connectivity index (χ0v) is 18.4. The lowest BCUT2D eigenvalue weighted by molar-refractivity contribution is -0.0221. The van der Waals surface area contributed by atoms with Gasteiger partial charge in [-0.15, -0.1) is 5.10 Å². The first-order valence-corrected chi connectivity index (χ1v) is 10.3. The zero-order valence-electron chi connectivity index (χ0n) is 18.4. The summed E-state index contributed by atoms with van der Waals surface area (Å²) in [5.74, 6) is -0.0701. The SMILES string of the molecule is CC(C)(C)OC(=O)N1CC(Oc2ccc(C(=O)Nc3nnc(-c4ccc(F)cc4)o3)cc2)C1. The first kappa shape index (κ1) is 22.3. The summed E-state index contributed by atoms with van der Waals surface area (Å²) < 4.78 is 29.6. The number of benzene rings is 2. The quantitative estimate of drug-likeness (QED) is 0.618. The van der Waals surface area contributed by atoms with Gasteiger partial charge < -0.3 is 18.8 Å². The summed E-state index contributed by atoms with van der Waals surface area (Å²) in [7, 11) is 0. The van der Waals surface area contributed by atoms with Gasteiger partial charge in [-0.1, -0.05) is 5.10 Å². The van der Waals surface area contributed by atoms with Crippen molar-refractivity contribution in [2.24, 2.45) is 0 Å². The minimum absolute atomic E-state index is 0.0728. The van der Waals surface area contributed by atoms with Crippen molar-refractivity contribution in [2.75, 3.05) is 18.4 Å². The van der Waals surface area contributed by atoms with E-state index < -0.39 is 11.5 Å². The van der Waals surface area contributed by atoms with E-state index >= 15 is 0 Å². The third-order valence-electron chi connectivity index (χ3n) is 4.66. The Morgan fingerprint density at radius 2 is 1.73 bits per heavy atom. The van der Waals surface area contributed by atoms with Crippen molar-refractivity contribution in [2.45, 2.75) is 32.5 Å². The monoisotopic (exact) mass is 454 g/mol. The average molecular weight is 454 g/mol. The Kier molecular flexibility index (Phi) is 5.99. The van der Waals surface area contributed by atoms with Gasteiger partial charge in [0, 0.05) is 11.1 Å². The largest absolute Gasteiger partial charge is 0.487 e. The molecular weight excluding hydrogens is 431 g/mol. The number of amides is 2. The Morgan fingerprint density at radius 3 is 2.36 bits per heavy atom. The predicted octanol–water partition coefficient (Wildman–Crippen LogP) is 4.13. The molecule has 1 aliphatic heterocycles. The van der Waals surface area contributed by atoms with Gasteiger partial charge in [-0.05, 0) is 69.3 Å². The molecule has 0 saturated carbocycles. The van der Waals surface area contributed by atoms with Crippen LogP contribution >= 0.6 is 0 Å². The van der Waals surface area contributed by atoms with Crippen molar-refractivity contribution >= 4 is 18.0 Å². The molecule has 2 aromatic carbocycles. The molecule has 10 heteroatoms. The molecule has 0 aliphatic carbocycles. The van der Waals surface area contributed by atoms with E-state index in [2.05, 4.69) is 15.5 Å². The second-order valence-corrected chi connectivity index (χ2v) is 8.52. The van der Waals surface area contributed by atoms with Gasteiger partial charge in [0.1, 0.15) is 23.3 Å².